The molecule has 0 aromatic heterocycles. The van der Waals surface area contributed by atoms with Gasteiger partial charge in [0.1, 0.15) is 0 Å². The Morgan fingerprint density at radius 3 is 2.62 bits per heavy atom. The summed E-state index contributed by atoms with van der Waals surface area (Å²) >= 11 is 0. The van der Waals surface area contributed by atoms with Crippen molar-refractivity contribution >= 4 is 16.9 Å². The van der Waals surface area contributed by atoms with E-state index in [1.807, 2.05) is 19.2 Å². The first-order valence-corrected chi connectivity index (χ1v) is 12.6. The molecule has 0 fully saturated rings. The maximum absolute atomic E-state index is 12.6. The van der Waals surface area contributed by atoms with Gasteiger partial charge >= 0.3 is 0 Å². The monoisotopic (exact) mass is 429 g/mol. The second-order valence-corrected chi connectivity index (χ2v) is 10.1. The van der Waals surface area contributed by atoms with Crippen LogP contribution in [-0.4, -0.2) is 11.8 Å². The Labute approximate surface area is 194 Å². The quantitative estimate of drug-likeness (QED) is 0.459. The second-order valence-electron chi connectivity index (χ2n) is 10.1. The highest BCUT2D eigenvalue weighted by molar-refractivity contribution is 6.04. The van der Waals surface area contributed by atoms with Gasteiger partial charge in [0.15, 0.2) is 5.78 Å². The smallest absolute Gasteiger partial charge is 0.163 e. The number of carbonyl (C=O) groups excluding carboxylic acids is 1. The molecule has 2 atom stereocenters. The third-order valence-electron chi connectivity index (χ3n) is 8.00. The maximum Gasteiger partial charge on any atom is 0.163 e. The van der Waals surface area contributed by atoms with Gasteiger partial charge in [0, 0.05) is 23.4 Å². The highest BCUT2D eigenvalue weighted by Gasteiger charge is 2.39. The van der Waals surface area contributed by atoms with E-state index in [1.54, 1.807) is 0 Å². The Morgan fingerprint density at radius 2 is 1.91 bits per heavy atom. The fourth-order valence-corrected chi connectivity index (χ4v) is 5.81. The van der Waals surface area contributed by atoms with Crippen LogP contribution in [0.5, 0.6) is 0 Å². The zero-order valence-corrected chi connectivity index (χ0v) is 20.6. The predicted molar refractivity (Wildman–Crippen MR) is 137 cm³/mol. The van der Waals surface area contributed by atoms with Crippen molar-refractivity contribution in [3.8, 4) is 0 Å². The topological polar surface area (TPSA) is 29.1 Å². The maximum atomic E-state index is 12.6. The van der Waals surface area contributed by atoms with E-state index >= 15 is 0 Å². The van der Waals surface area contributed by atoms with E-state index in [0.29, 0.717) is 12.2 Å². The van der Waals surface area contributed by atoms with Crippen LogP contribution < -0.4 is 5.32 Å². The normalized spacial score (nSPS) is 22.8. The van der Waals surface area contributed by atoms with Crippen LogP contribution >= 0.6 is 0 Å². The van der Waals surface area contributed by atoms with Crippen LogP contribution in [0, 0.1) is 11.3 Å². The van der Waals surface area contributed by atoms with E-state index in [9.17, 15) is 4.79 Å². The van der Waals surface area contributed by atoms with Crippen molar-refractivity contribution in [1.29, 1.82) is 0 Å². The number of rotatable bonds is 8. The summed E-state index contributed by atoms with van der Waals surface area (Å²) in [6.45, 7) is 11.3. The Hall–Kier alpha value is -2.35. The summed E-state index contributed by atoms with van der Waals surface area (Å²) in [7, 11) is 0. The molecule has 0 saturated carbocycles. The molecule has 0 spiro atoms. The second kappa shape index (κ2) is 9.25. The number of nitrogens with one attached hydrogen (secondary N) is 1. The molecule has 0 saturated heterocycles. The molecule has 0 bridgehead atoms. The van der Waals surface area contributed by atoms with Crippen molar-refractivity contribution < 1.29 is 4.79 Å². The highest BCUT2D eigenvalue weighted by atomic mass is 16.1. The molecule has 0 amide bonds. The van der Waals surface area contributed by atoms with Gasteiger partial charge in [0.2, 0.25) is 0 Å². The van der Waals surface area contributed by atoms with E-state index in [1.165, 1.54) is 52.7 Å². The minimum atomic E-state index is 0.000829. The van der Waals surface area contributed by atoms with Gasteiger partial charge in [0.25, 0.3) is 0 Å². The van der Waals surface area contributed by atoms with E-state index < -0.39 is 0 Å². The standard InChI is InChI=1S/C30H39NO/c1-6-17-31-20(4)22-15-16-30(5)19-23(10-9-21(7-2)8-3)24-11-12-25-26(13-14-28(25)32)29(24)27(30)18-22/h6,11-12,15,17-21,31H,7-10,13-14,16H2,1-5H3/b17-6-. The number of hydrogen-bond acceptors (Lipinski definition) is 2. The van der Waals surface area contributed by atoms with Gasteiger partial charge in [-0.05, 0) is 85.1 Å². The summed E-state index contributed by atoms with van der Waals surface area (Å²) in [6.07, 6.45) is 18.9. The number of carbonyl (C=O) groups is 1. The lowest BCUT2D eigenvalue weighted by Gasteiger charge is -2.40. The molecule has 0 heterocycles. The molecular weight excluding hydrogens is 390 g/mol. The number of fused-ring (bicyclic) bond motifs is 5. The number of ketones is 1. The molecule has 0 radical (unpaired) electrons. The number of benzene rings is 1. The van der Waals surface area contributed by atoms with Gasteiger partial charge in [0.05, 0.1) is 0 Å². The van der Waals surface area contributed by atoms with E-state index in [-0.39, 0.29) is 11.5 Å². The third-order valence-corrected chi connectivity index (χ3v) is 8.00. The van der Waals surface area contributed by atoms with Crippen molar-refractivity contribution in [2.24, 2.45) is 11.3 Å². The molecule has 2 unspecified atom stereocenters. The molecule has 1 N–H and O–H groups in total. The molecule has 2 nitrogen and oxygen atoms in total. The van der Waals surface area contributed by atoms with Crippen molar-refractivity contribution in [2.45, 2.75) is 85.6 Å². The lowest BCUT2D eigenvalue weighted by atomic mass is 9.64. The first kappa shape index (κ1) is 22.8. The van der Waals surface area contributed by atoms with Crippen LogP contribution in [0.3, 0.4) is 0 Å². The van der Waals surface area contributed by atoms with E-state index in [4.69, 9.17) is 0 Å². The molecule has 1 aromatic rings. The van der Waals surface area contributed by atoms with Crippen LogP contribution in [0.2, 0.25) is 0 Å². The SMILES string of the molecule is C/C=C\NC(C)C1=CCC2(C)C=C(CCC(CC)CC)c3ccc4c(c3C2=C1)CCC4=O. The summed E-state index contributed by atoms with van der Waals surface area (Å²) in [5.41, 5.74) is 9.27. The predicted octanol–water partition coefficient (Wildman–Crippen LogP) is 7.66. The average Bonchev–Trinajstić information content (AvgIpc) is 3.18. The Balaban J connectivity index is 1.80. The summed E-state index contributed by atoms with van der Waals surface area (Å²) in [6, 6.07) is 4.62. The Bertz CT molecular complexity index is 1020. The minimum absolute atomic E-state index is 0.000829. The average molecular weight is 430 g/mol. The van der Waals surface area contributed by atoms with Crippen molar-refractivity contribution in [3.05, 3.63) is 70.5 Å². The van der Waals surface area contributed by atoms with E-state index in [0.717, 1.165) is 30.7 Å². The first-order valence-electron chi connectivity index (χ1n) is 12.6. The van der Waals surface area contributed by atoms with Crippen LogP contribution in [-0.2, 0) is 6.42 Å². The highest BCUT2D eigenvalue weighted by Crippen LogP contribution is 2.53. The molecule has 32 heavy (non-hydrogen) atoms. The summed E-state index contributed by atoms with van der Waals surface area (Å²) in [5, 5.41) is 3.48. The van der Waals surface area contributed by atoms with E-state index in [2.05, 4.69) is 63.4 Å². The number of allylic oxidation sites excluding steroid dienone is 5. The lowest BCUT2D eigenvalue weighted by Crippen LogP contribution is -2.28. The molecule has 4 rings (SSSR count). The third kappa shape index (κ3) is 4.05. The van der Waals surface area contributed by atoms with Crippen LogP contribution in [0.4, 0.5) is 0 Å². The molecule has 3 aliphatic rings. The Morgan fingerprint density at radius 1 is 1.16 bits per heavy atom. The van der Waals surface area contributed by atoms with Gasteiger partial charge < -0.3 is 5.32 Å². The Kier molecular flexibility index (Phi) is 6.60. The fourth-order valence-electron chi connectivity index (χ4n) is 5.81. The number of Topliss-reactive ketones (excluding diaryl/α,β-unsaturated/α-hetero) is 1. The van der Waals surface area contributed by atoms with Crippen LogP contribution in [0.1, 0.15) is 100 Å². The lowest BCUT2D eigenvalue weighted by molar-refractivity contribution is 0.0994. The summed E-state index contributed by atoms with van der Waals surface area (Å²) < 4.78 is 0. The van der Waals surface area contributed by atoms with Crippen molar-refractivity contribution in [2.75, 3.05) is 0 Å². The van der Waals surface area contributed by atoms with Gasteiger partial charge in [-0.3, -0.25) is 4.79 Å². The summed E-state index contributed by atoms with van der Waals surface area (Å²) in [4.78, 5) is 12.6. The fraction of sp³-hybridized carbons (Fsp3) is 0.500. The minimum Gasteiger partial charge on any atom is -0.385 e. The molecule has 2 heteroatoms. The summed E-state index contributed by atoms with van der Waals surface area (Å²) in [5.74, 6) is 1.10. The van der Waals surface area contributed by atoms with Crippen molar-refractivity contribution in [3.63, 3.8) is 0 Å². The molecular formula is C30H39NO. The van der Waals surface area contributed by atoms with Crippen LogP contribution in [0.15, 0.2) is 48.2 Å². The van der Waals surface area contributed by atoms with Crippen LogP contribution in [0.25, 0.3) is 11.1 Å². The molecule has 0 aliphatic heterocycles. The zero-order chi connectivity index (χ0) is 22.9. The molecule has 3 aliphatic carbocycles. The first-order chi connectivity index (χ1) is 15.4. The van der Waals surface area contributed by atoms with Gasteiger partial charge in [-0.15, -0.1) is 0 Å². The van der Waals surface area contributed by atoms with Crippen molar-refractivity contribution in [1.82, 2.24) is 5.32 Å². The van der Waals surface area contributed by atoms with Gasteiger partial charge in [-0.25, -0.2) is 0 Å². The van der Waals surface area contributed by atoms with Gasteiger partial charge in [-0.1, -0.05) is 70.0 Å². The van der Waals surface area contributed by atoms with Gasteiger partial charge in [-0.2, -0.15) is 0 Å². The number of hydrogen-bond donors (Lipinski definition) is 1. The zero-order valence-electron chi connectivity index (χ0n) is 20.6. The molecule has 170 valence electrons. The largest absolute Gasteiger partial charge is 0.385 e. The molecule has 1 aromatic carbocycles.